The zero-order valence-corrected chi connectivity index (χ0v) is 14.4. The van der Waals surface area contributed by atoms with Crippen LogP contribution in [0.3, 0.4) is 0 Å². The third-order valence-corrected chi connectivity index (χ3v) is 3.48. The summed E-state index contributed by atoms with van der Waals surface area (Å²) in [6, 6.07) is 7.47. The van der Waals surface area contributed by atoms with Crippen LogP contribution in [0.1, 0.15) is 0 Å². The highest BCUT2D eigenvalue weighted by atomic mass is 35.5. The van der Waals surface area contributed by atoms with E-state index in [1.54, 1.807) is 0 Å². The average molecular weight is 369 g/mol. The van der Waals surface area contributed by atoms with Crippen molar-refractivity contribution in [1.82, 2.24) is 9.97 Å². The number of anilines is 4. The number of benzene rings is 1. The number of rotatable bonds is 7. The molecule has 0 aliphatic heterocycles. The summed E-state index contributed by atoms with van der Waals surface area (Å²) in [6.07, 6.45) is 0. The molecule has 2 aromatic rings. The third kappa shape index (κ3) is 4.59. The Morgan fingerprint density at radius 2 is 1.42 bits per heavy atom. The molecule has 0 spiro atoms. The summed E-state index contributed by atoms with van der Waals surface area (Å²) in [6.45, 7) is 1.43. The van der Waals surface area contributed by atoms with Crippen LogP contribution in [0.5, 0.6) is 0 Å². The van der Waals surface area contributed by atoms with Crippen LogP contribution in [0.15, 0.2) is 34.5 Å². The molecule has 24 heavy (non-hydrogen) atoms. The zero-order valence-electron chi connectivity index (χ0n) is 12.9. The fraction of sp³-hybridized carbons (Fsp3) is 0.286. The lowest BCUT2D eigenvalue weighted by Crippen LogP contribution is -2.27. The van der Waals surface area contributed by atoms with E-state index in [-0.39, 0.29) is 23.3 Å². The topological polar surface area (TPSA) is 132 Å². The van der Waals surface area contributed by atoms with E-state index in [1.165, 1.54) is 0 Å². The van der Waals surface area contributed by atoms with Gasteiger partial charge in [-0.1, -0.05) is 0 Å². The molecule has 0 amide bonds. The predicted octanol–water partition coefficient (Wildman–Crippen LogP) is 2.92. The molecule has 0 unspecified atom stereocenters. The quantitative estimate of drug-likeness (QED) is 0.508. The number of alkyl halides is 2. The Balaban J connectivity index is 2.17. The number of nitrogens with zero attached hydrogens (tertiary/aromatic N) is 5. The normalized spacial score (nSPS) is 11.1. The van der Waals surface area contributed by atoms with Gasteiger partial charge < -0.3 is 22.1 Å². The van der Waals surface area contributed by atoms with Crippen LogP contribution >= 0.6 is 23.2 Å². The molecule has 0 atom stereocenters. The molecule has 0 fully saturated rings. The Hall–Kier alpha value is -2.32. The van der Waals surface area contributed by atoms with E-state index in [0.717, 1.165) is 5.69 Å². The Kier molecular flexibility index (Phi) is 6.39. The number of halogens is 2. The van der Waals surface area contributed by atoms with E-state index in [4.69, 9.17) is 40.4 Å². The average Bonchev–Trinajstić information content (AvgIpc) is 2.54. The Labute approximate surface area is 149 Å². The van der Waals surface area contributed by atoms with Crippen molar-refractivity contribution in [2.45, 2.75) is 0 Å². The van der Waals surface area contributed by atoms with Gasteiger partial charge in [-0.05, 0) is 24.3 Å². The van der Waals surface area contributed by atoms with Crippen molar-refractivity contribution in [2.75, 3.05) is 47.0 Å². The van der Waals surface area contributed by atoms with Gasteiger partial charge in [-0.3, -0.25) is 0 Å². The van der Waals surface area contributed by atoms with Gasteiger partial charge in [-0.2, -0.15) is 15.1 Å². The molecule has 128 valence electrons. The molecule has 10 heteroatoms. The van der Waals surface area contributed by atoms with E-state index in [2.05, 4.69) is 25.1 Å². The first-order chi connectivity index (χ1) is 11.5. The van der Waals surface area contributed by atoms with Crippen LogP contribution in [0.25, 0.3) is 0 Å². The van der Waals surface area contributed by atoms with Gasteiger partial charge in [0.25, 0.3) is 0 Å². The molecule has 0 radical (unpaired) electrons. The predicted molar refractivity (Wildman–Crippen MR) is 99.5 cm³/mol. The van der Waals surface area contributed by atoms with Crippen molar-refractivity contribution in [2.24, 2.45) is 10.2 Å². The number of aromatic nitrogens is 2. The van der Waals surface area contributed by atoms with E-state index in [9.17, 15) is 0 Å². The molecule has 0 saturated heterocycles. The molecular weight excluding hydrogens is 351 g/mol. The summed E-state index contributed by atoms with van der Waals surface area (Å²) in [5.41, 5.74) is 18.7. The number of nitrogens with two attached hydrogens (primary N) is 3. The van der Waals surface area contributed by atoms with Crippen molar-refractivity contribution in [3.05, 3.63) is 24.3 Å². The Bertz CT molecular complexity index is 675. The van der Waals surface area contributed by atoms with Gasteiger partial charge in [0.15, 0.2) is 17.3 Å². The van der Waals surface area contributed by atoms with Gasteiger partial charge in [0.1, 0.15) is 0 Å². The lowest BCUT2D eigenvalue weighted by atomic mass is 10.2. The van der Waals surface area contributed by atoms with Crippen LogP contribution in [0.4, 0.5) is 34.6 Å². The lowest BCUT2D eigenvalue weighted by Gasteiger charge is -2.22. The maximum absolute atomic E-state index is 5.81. The van der Waals surface area contributed by atoms with Crippen molar-refractivity contribution in [1.29, 1.82) is 0 Å². The Morgan fingerprint density at radius 3 is 1.92 bits per heavy atom. The highest BCUT2D eigenvalue weighted by Gasteiger charge is 2.08. The van der Waals surface area contributed by atoms with Gasteiger partial charge in [0, 0.05) is 30.5 Å². The van der Waals surface area contributed by atoms with Gasteiger partial charge in [-0.15, -0.1) is 28.3 Å². The summed E-state index contributed by atoms with van der Waals surface area (Å²) in [5.74, 6) is 1.20. The highest BCUT2D eigenvalue weighted by molar-refractivity contribution is 6.18. The maximum Gasteiger partial charge on any atom is 0.224 e. The van der Waals surface area contributed by atoms with Gasteiger partial charge in [0.05, 0.1) is 5.69 Å². The molecule has 1 aromatic carbocycles. The summed E-state index contributed by atoms with van der Waals surface area (Å²) in [4.78, 5) is 9.70. The molecule has 2 rings (SSSR count). The molecule has 8 nitrogen and oxygen atoms in total. The van der Waals surface area contributed by atoms with E-state index >= 15 is 0 Å². The van der Waals surface area contributed by atoms with Crippen LogP contribution in [0.2, 0.25) is 0 Å². The minimum atomic E-state index is -0.00743. The van der Waals surface area contributed by atoms with Crippen LogP contribution in [0, 0.1) is 0 Å². The Morgan fingerprint density at radius 1 is 0.875 bits per heavy atom. The van der Waals surface area contributed by atoms with Crippen LogP contribution in [-0.4, -0.2) is 34.8 Å². The number of azo groups is 1. The van der Waals surface area contributed by atoms with E-state index < -0.39 is 0 Å². The number of nitrogen functional groups attached to an aromatic ring is 3. The van der Waals surface area contributed by atoms with Gasteiger partial charge in [-0.25, -0.2) is 0 Å². The standard InChI is InChI=1S/C14H18Cl2N8/c15-5-7-24(8-6-16)10-3-1-9(2-4-10)22-23-11-12(17)20-14(19)21-13(11)18/h1-4H,5-8H2,(H6,17,18,19,20,21). The molecule has 0 saturated carbocycles. The molecule has 6 N–H and O–H groups in total. The van der Waals surface area contributed by atoms with E-state index in [1.807, 2.05) is 24.3 Å². The van der Waals surface area contributed by atoms with Crippen LogP contribution < -0.4 is 22.1 Å². The van der Waals surface area contributed by atoms with Crippen molar-refractivity contribution in [3.63, 3.8) is 0 Å². The first-order valence-corrected chi connectivity index (χ1v) is 8.19. The SMILES string of the molecule is Nc1nc(N)c(N=Nc2ccc(N(CCCl)CCCl)cc2)c(N)n1. The zero-order chi connectivity index (χ0) is 17.5. The first-order valence-electron chi connectivity index (χ1n) is 7.12. The first kappa shape index (κ1) is 18.0. The summed E-state index contributed by atoms with van der Waals surface area (Å²) in [5, 5.41) is 8.10. The second-order valence-electron chi connectivity index (χ2n) is 4.78. The van der Waals surface area contributed by atoms with Crippen LogP contribution in [-0.2, 0) is 0 Å². The molecule has 0 bridgehead atoms. The fourth-order valence-corrected chi connectivity index (χ4v) is 2.43. The minimum absolute atomic E-state index is 0.00743. The number of hydrogen-bond acceptors (Lipinski definition) is 8. The third-order valence-electron chi connectivity index (χ3n) is 3.14. The smallest absolute Gasteiger partial charge is 0.224 e. The molecule has 1 heterocycles. The number of hydrogen-bond donors (Lipinski definition) is 3. The minimum Gasteiger partial charge on any atom is -0.382 e. The second-order valence-corrected chi connectivity index (χ2v) is 5.54. The molecular formula is C14H18Cl2N8. The highest BCUT2D eigenvalue weighted by Crippen LogP contribution is 2.29. The molecule has 1 aromatic heterocycles. The lowest BCUT2D eigenvalue weighted by molar-refractivity contribution is 0.874. The van der Waals surface area contributed by atoms with Gasteiger partial charge in [0.2, 0.25) is 5.95 Å². The van der Waals surface area contributed by atoms with Crippen molar-refractivity contribution < 1.29 is 0 Å². The summed E-state index contributed by atoms with van der Waals surface area (Å²) >= 11 is 11.6. The maximum atomic E-state index is 5.81. The molecule has 0 aliphatic rings. The fourth-order valence-electron chi connectivity index (χ4n) is 2.02. The monoisotopic (exact) mass is 368 g/mol. The van der Waals surface area contributed by atoms with Gasteiger partial charge >= 0.3 is 0 Å². The molecule has 0 aliphatic carbocycles. The van der Waals surface area contributed by atoms with Crippen molar-refractivity contribution >= 4 is 57.8 Å². The largest absolute Gasteiger partial charge is 0.382 e. The summed E-state index contributed by atoms with van der Waals surface area (Å²) in [7, 11) is 0. The van der Waals surface area contributed by atoms with E-state index in [0.29, 0.717) is 30.5 Å². The summed E-state index contributed by atoms with van der Waals surface area (Å²) < 4.78 is 0. The second kappa shape index (κ2) is 8.51. The van der Waals surface area contributed by atoms with Crippen molar-refractivity contribution in [3.8, 4) is 0 Å².